The lowest BCUT2D eigenvalue weighted by Crippen LogP contribution is -2.02. The highest BCUT2D eigenvalue weighted by Gasteiger charge is 2.10. The molecule has 0 spiro atoms. The number of pyridine rings is 1. The summed E-state index contributed by atoms with van der Waals surface area (Å²) in [5, 5.41) is 9.47. The van der Waals surface area contributed by atoms with Crippen LogP contribution in [-0.2, 0) is 13.0 Å². The van der Waals surface area contributed by atoms with E-state index in [1.54, 1.807) is 12.4 Å². The number of nitrogens with zero attached hydrogens (tertiary/aromatic N) is 5. The molecule has 0 amide bonds. The number of hydrogen-bond donors (Lipinski definition) is 0. The molecular weight excluding hydrogens is 278 g/mol. The summed E-state index contributed by atoms with van der Waals surface area (Å²) in [4.78, 5) is 8.50. The first-order valence-electron chi connectivity index (χ1n) is 6.99. The Bertz CT molecular complexity index is 897. The molecule has 0 saturated carbocycles. The molecular formula is C16H13N5O. The summed E-state index contributed by atoms with van der Waals surface area (Å²) in [6, 6.07) is 11.9. The van der Waals surface area contributed by atoms with Gasteiger partial charge < -0.3 is 4.52 Å². The standard InChI is InChI=1S/C16H13N5O/c1-2-6-14-13(5-1)10-18-21(14)11-16-19-15(20-22-16)8-12-4-3-7-17-9-12/h1-7,9-10H,8,11H2. The molecule has 0 saturated heterocycles. The predicted octanol–water partition coefficient (Wildman–Crippen LogP) is 2.45. The highest BCUT2D eigenvalue weighted by atomic mass is 16.5. The van der Waals surface area contributed by atoms with Crippen LogP contribution in [0.5, 0.6) is 0 Å². The van der Waals surface area contributed by atoms with Gasteiger partial charge >= 0.3 is 0 Å². The first-order chi connectivity index (χ1) is 10.9. The minimum Gasteiger partial charge on any atom is -0.337 e. The number of aromatic nitrogens is 5. The van der Waals surface area contributed by atoms with Crippen molar-refractivity contribution in [1.29, 1.82) is 0 Å². The van der Waals surface area contributed by atoms with Gasteiger partial charge in [0.05, 0.1) is 11.7 Å². The second-order valence-electron chi connectivity index (χ2n) is 5.00. The maximum absolute atomic E-state index is 5.32. The van der Waals surface area contributed by atoms with Gasteiger partial charge in [0.2, 0.25) is 5.89 Å². The van der Waals surface area contributed by atoms with Crippen molar-refractivity contribution in [3.05, 3.63) is 72.3 Å². The van der Waals surface area contributed by atoms with Gasteiger partial charge in [-0.2, -0.15) is 10.1 Å². The zero-order valence-corrected chi connectivity index (χ0v) is 11.8. The zero-order chi connectivity index (χ0) is 14.8. The molecule has 1 aromatic carbocycles. The summed E-state index contributed by atoms with van der Waals surface area (Å²) in [6.07, 6.45) is 5.99. The SMILES string of the molecule is c1cncc(Cc2noc(Cn3ncc4ccccc43)n2)c1. The molecule has 0 aliphatic carbocycles. The van der Waals surface area contributed by atoms with Crippen LogP contribution in [0.4, 0.5) is 0 Å². The third-order valence-electron chi connectivity index (χ3n) is 3.43. The highest BCUT2D eigenvalue weighted by Crippen LogP contribution is 2.14. The first kappa shape index (κ1) is 12.7. The van der Waals surface area contributed by atoms with Gasteiger partial charge in [-0.3, -0.25) is 9.67 Å². The van der Waals surface area contributed by atoms with Crippen molar-refractivity contribution in [2.75, 3.05) is 0 Å². The third-order valence-corrected chi connectivity index (χ3v) is 3.43. The molecule has 0 fully saturated rings. The summed E-state index contributed by atoms with van der Waals surface area (Å²) in [5.74, 6) is 1.20. The lowest BCUT2D eigenvalue weighted by Gasteiger charge is -1.98. The Hall–Kier alpha value is -3.02. The molecule has 0 aliphatic heterocycles. The molecule has 4 aromatic rings. The van der Waals surface area contributed by atoms with E-state index in [1.165, 1.54) is 0 Å². The molecule has 108 valence electrons. The Kier molecular flexibility index (Phi) is 3.12. The maximum Gasteiger partial charge on any atom is 0.248 e. The number of para-hydroxylation sites is 1. The number of rotatable bonds is 4. The van der Waals surface area contributed by atoms with E-state index in [1.807, 2.05) is 47.3 Å². The van der Waals surface area contributed by atoms with Crippen LogP contribution in [-0.4, -0.2) is 24.9 Å². The number of benzene rings is 1. The van der Waals surface area contributed by atoms with E-state index in [4.69, 9.17) is 4.52 Å². The van der Waals surface area contributed by atoms with Crippen LogP contribution in [0.1, 0.15) is 17.3 Å². The van der Waals surface area contributed by atoms with Crippen molar-refractivity contribution < 1.29 is 4.52 Å². The molecule has 3 aromatic heterocycles. The van der Waals surface area contributed by atoms with Crippen molar-refractivity contribution in [2.24, 2.45) is 0 Å². The van der Waals surface area contributed by atoms with Gasteiger partial charge in [0.25, 0.3) is 0 Å². The monoisotopic (exact) mass is 291 g/mol. The Labute approximate surface area is 126 Å². The first-order valence-corrected chi connectivity index (χ1v) is 6.99. The lowest BCUT2D eigenvalue weighted by molar-refractivity contribution is 0.363. The van der Waals surface area contributed by atoms with Gasteiger partial charge in [-0.05, 0) is 17.7 Å². The minimum absolute atomic E-state index is 0.466. The molecule has 22 heavy (non-hydrogen) atoms. The minimum atomic E-state index is 0.466. The van der Waals surface area contributed by atoms with Crippen LogP contribution in [0.3, 0.4) is 0 Å². The predicted molar refractivity (Wildman–Crippen MR) is 80.2 cm³/mol. The van der Waals surface area contributed by atoms with Gasteiger partial charge in [0.1, 0.15) is 6.54 Å². The average Bonchev–Trinajstić information content (AvgIpc) is 3.17. The summed E-state index contributed by atoms with van der Waals surface area (Å²) in [5.41, 5.74) is 2.11. The fourth-order valence-corrected chi connectivity index (χ4v) is 2.39. The summed E-state index contributed by atoms with van der Waals surface area (Å²) in [7, 11) is 0. The van der Waals surface area contributed by atoms with Crippen molar-refractivity contribution in [3.8, 4) is 0 Å². The molecule has 0 N–H and O–H groups in total. The van der Waals surface area contributed by atoms with Crippen molar-refractivity contribution in [2.45, 2.75) is 13.0 Å². The Morgan fingerprint density at radius 1 is 1.05 bits per heavy atom. The van der Waals surface area contributed by atoms with Crippen LogP contribution in [0.15, 0.2) is 59.5 Å². The molecule has 0 radical (unpaired) electrons. The summed E-state index contributed by atoms with van der Waals surface area (Å²) in [6.45, 7) is 0.466. The third kappa shape index (κ3) is 2.46. The fraction of sp³-hybridized carbons (Fsp3) is 0.125. The van der Waals surface area contributed by atoms with E-state index in [2.05, 4.69) is 20.2 Å². The largest absolute Gasteiger partial charge is 0.337 e. The second kappa shape index (κ2) is 5.40. The van der Waals surface area contributed by atoms with Gasteiger partial charge in [-0.25, -0.2) is 0 Å². The molecule has 0 unspecified atom stereocenters. The van der Waals surface area contributed by atoms with Gasteiger partial charge in [0, 0.05) is 24.2 Å². The van der Waals surface area contributed by atoms with Crippen LogP contribution in [0, 0.1) is 0 Å². The molecule has 4 rings (SSSR count). The normalized spacial score (nSPS) is 11.1. The quantitative estimate of drug-likeness (QED) is 0.577. The van der Waals surface area contributed by atoms with Gasteiger partial charge in [0.15, 0.2) is 5.82 Å². The van der Waals surface area contributed by atoms with Gasteiger partial charge in [-0.15, -0.1) is 0 Å². The molecule has 3 heterocycles. The van der Waals surface area contributed by atoms with Crippen molar-refractivity contribution in [1.82, 2.24) is 24.9 Å². The molecule has 0 aliphatic rings. The Morgan fingerprint density at radius 3 is 2.91 bits per heavy atom. The highest BCUT2D eigenvalue weighted by molar-refractivity contribution is 5.78. The Balaban J connectivity index is 1.54. The van der Waals surface area contributed by atoms with Crippen molar-refractivity contribution in [3.63, 3.8) is 0 Å². The van der Waals surface area contributed by atoms with E-state index in [0.717, 1.165) is 16.5 Å². The maximum atomic E-state index is 5.32. The fourth-order valence-electron chi connectivity index (χ4n) is 2.39. The van der Waals surface area contributed by atoms with E-state index < -0.39 is 0 Å². The van der Waals surface area contributed by atoms with Crippen LogP contribution < -0.4 is 0 Å². The topological polar surface area (TPSA) is 69.6 Å². The molecule has 6 nitrogen and oxygen atoms in total. The van der Waals surface area contributed by atoms with E-state index in [9.17, 15) is 0 Å². The number of fused-ring (bicyclic) bond motifs is 1. The molecule has 6 heteroatoms. The van der Waals surface area contributed by atoms with Gasteiger partial charge in [-0.1, -0.05) is 29.4 Å². The van der Waals surface area contributed by atoms with Crippen LogP contribution in [0.25, 0.3) is 10.9 Å². The smallest absolute Gasteiger partial charge is 0.248 e. The second-order valence-corrected chi connectivity index (χ2v) is 5.00. The van der Waals surface area contributed by atoms with E-state index in [0.29, 0.717) is 24.7 Å². The van der Waals surface area contributed by atoms with E-state index in [-0.39, 0.29) is 0 Å². The number of hydrogen-bond acceptors (Lipinski definition) is 5. The molecule has 0 atom stereocenters. The Morgan fingerprint density at radius 2 is 2.00 bits per heavy atom. The summed E-state index contributed by atoms with van der Waals surface area (Å²) >= 11 is 0. The van der Waals surface area contributed by atoms with Crippen molar-refractivity contribution >= 4 is 10.9 Å². The van der Waals surface area contributed by atoms with Crippen LogP contribution in [0.2, 0.25) is 0 Å². The zero-order valence-electron chi connectivity index (χ0n) is 11.8. The molecule has 0 bridgehead atoms. The average molecular weight is 291 g/mol. The summed E-state index contributed by atoms with van der Waals surface area (Å²) < 4.78 is 7.17. The van der Waals surface area contributed by atoms with Crippen LogP contribution >= 0.6 is 0 Å². The lowest BCUT2D eigenvalue weighted by atomic mass is 10.2. The van der Waals surface area contributed by atoms with E-state index >= 15 is 0 Å².